The zero-order valence-corrected chi connectivity index (χ0v) is 22.8. The van der Waals surface area contributed by atoms with Crippen molar-refractivity contribution in [1.82, 2.24) is 15.1 Å². The predicted octanol–water partition coefficient (Wildman–Crippen LogP) is 4.72. The van der Waals surface area contributed by atoms with Crippen LogP contribution in [-0.2, 0) is 9.59 Å². The van der Waals surface area contributed by atoms with Crippen LogP contribution in [0.5, 0.6) is 5.75 Å². The summed E-state index contributed by atoms with van der Waals surface area (Å²) in [6.45, 7) is 7.03. The summed E-state index contributed by atoms with van der Waals surface area (Å²) in [6, 6.07) is 5.04. The molecule has 9 nitrogen and oxygen atoms in total. The highest BCUT2D eigenvalue weighted by atomic mass is 16.5. The fraction of sp³-hybridized carbons (Fsp3) is 0.679. The number of benzene rings is 1. The molecule has 1 heterocycles. The van der Waals surface area contributed by atoms with E-state index in [0.717, 1.165) is 64.5 Å². The molecule has 1 aromatic rings. The van der Waals surface area contributed by atoms with Gasteiger partial charge in [-0.15, -0.1) is 0 Å². The predicted molar refractivity (Wildman–Crippen MR) is 146 cm³/mol. The molecule has 3 N–H and O–H groups in total. The van der Waals surface area contributed by atoms with E-state index < -0.39 is 24.1 Å². The van der Waals surface area contributed by atoms with Gasteiger partial charge in [-0.1, -0.05) is 45.6 Å². The van der Waals surface area contributed by atoms with Crippen molar-refractivity contribution in [3.05, 3.63) is 24.3 Å². The molecule has 1 saturated heterocycles. The van der Waals surface area contributed by atoms with Crippen molar-refractivity contribution in [2.75, 3.05) is 38.6 Å². The first-order chi connectivity index (χ1) is 17.9. The van der Waals surface area contributed by atoms with Gasteiger partial charge in [0.15, 0.2) is 0 Å². The molecule has 9 heteroatoms. The summed E-state index contributed by atoms with van der Waals surface area (Å²) in [4.78, 5) is 42.5. The Bertz CT molecular complexity index is 834. The number of amides is 3. The molecule has 0 bridgehead atoms. The normalized spacial score (nSPS) is 15.1. The average molecular weight is 519 g/mol. The standard InChI is InChI=1S/C28H46N4O5/c1-4-6-8-19-32(20-9-7-5-2)26(33)24(15-16-25(27(34)35)31-17-10-11-18-31)30-28(36)29-22-13-12-14-23(21-22)37-3/h12-14,21,24-25H,4-11,15-20H2,1-3H3,(H,34,35)(H2,29,30,36). The minimum Gasteiger partial charge on any atom is -0.497 e. The van der Waals surface area contributed by atoms with Crippen LogP contribution in [0.2, 0.25) is 0 Å². The number of nitrogens with one attached hydrogen (secondary N) is 2. The van der Waals surface area contributed by atoms with Crippen LogP contribution < -0.4 is 15.4 Å². The van der Waals surface area contributed by atoms with Gasteiger partial charge in [0.1, 0.15) is 17.8 Å². The summed E-state index contributed by atoms with van der Waals surface area (Å²) in [5.74, 6) is -0.409. The number of nitrogens with zero attached hydrogens (tertiary/aromatic N) is 2. The third-order valence-electron chi connectivity index (χ3n) is 6.90. The van der Waals surface area contributed by atoms with Crippen molar-refractivity contribution >= 4 is 23.6 Å². The number of carboxylic acid groups (broad SMARTS) is 1. The highest BCUT2D eigenvalue weighted by Crippen LogP contribution is 2.19. The molecule has 3 amide bonds. The first kappa shape index (κ1) is 30.4. The second-order valence-corrected chi connectivity index (χ2v) is 9.80. The molecule has 0 aliphatic carbocycles. The highest BCUT2D eigenvalue weighted by molar-refractivity contribution is 5.94. The summed E-state index contributed by atoms with van der Waals surface area (Å²) in [5.41, 5.74) is 0.547. The van der Waals surface area contributed by atoms with Crippen LogP contribution in [0.3, 0.4) is 0 Å². The molecule has 0 radical (unpaired) electrons. The number of hydrogen-bond acceptors (Lipinski definition) is 5. The van der Waals surface area contributed by atoms with E-state index in [0.29, 0.717) is 30.9 Å². The van der Waals surface area contributed by atoms with Crippen molar-refractivity contribution in [3.63, 3.8) is 0 Å². The molecular formula is C28H46N4O5. The number of unbranched alkanes of at least 4 members (excludes halogenated alkanes) is 4. The minimum absolute atomic E-state index is 0.140. The number of methoxy groups -OCH3 is 1. The van der Waals surface area contributed by atoms with Crippen LogP contribution in [0.15, 0.2) is 24.3 Å². The average Bonchev–Trinajstić information content (AvgIpc) is 3.41. The number of anilines is 1. The zero-order chi connectivity index (χ0) is 27.0. The third-order valence-corrected chi connectivity index (χ3v) is 6.90. The Labute approximate surface area is 221 Å². The summed E-state index contributed by atoms with van der Waals surface area (Å²) >= 11 is 0. The van der Waals surface area contributed by atoms with Gasteiger partial charge in [-0.25, -0.2) is 4.79 Å². The molecule has 1 aliphatic heterocycles. The number of aliphatic carboxylic acids is 1. The van der Waals surface area contributed by atoms with E-state index in [2.05, 4.69) is 24.5 Å². The fourth-order valence-electron chi connectivity index (χ4n) is 4.78. The molecule has 0 spiro atoms. The van der Waals surface area contributed by atoms with Crippen LogP contribution in [0.1, 0.15) is 78.1 Å². The molecule has 2 unspecified atom stereocenters. The number of ether oxygens (including phenoxy) is 1. The van der Waals surface area contributed by atoms with Crippen molar-refractivity contribution in [3.8, 4) is 5.75 Å². The molecule has 1 aromatic carbocycles. The molecule has 208 valence electrons. The first-order valence-corrected chi connectivity index (χ1v) is 13.9. The van der Waals surface area contributed by atoms with Gasteiger partial charge in [0.05, 0.1) is 7.11 Å². The number of carbonyl (C=O) groups excluding carboxylic acids is 2. The maximum absolute atomic E-state index is 13.7. The molecule has 2 rings (SSSR count). The quantitative estimate of drug-likeness (QED) is 0.257. The number of carboxylic acids is 1. The number of rotatable bonds is 17. The maximum atomic E-state index is 13.7. The van der Waals surface area contributed by atoms with Gasteiger partial charge in [-0.3, -0.25) is 14.5 Å². The topological polar surface area (TPSA) is 111 Å². The van der Waals surface area contributed by atoms with Gasteiger partial charge >= 0.3 is 12.0 Å². The van der Waals surface area contributed by atoms with E-state index in [9.17, 15) is 19.5 Å². The Kier molecular flexibility index (Phi) is 13.8. The maximum Gasteiger partial charge on any atom is 0.320 e. The summed E-state index contributed by atoms with van der Waals surface area (Å²) in [7, 11) is 1.55. The lowest BCUT2D eigenvalue weighted by molar-refractivity contribution is -0.143. The van der Waals surface area contributed by atoms with Crippen LogP contribution >= 0.6 is 0 Å². The van der Waals surface area contributed by atoms with E-state index in [1.54, 1.807) is 31.4 Å². The highest BCUT2D eigenvalue weighted by Gasteiger charge is 2.32. The minimum atomic E-state index is -0.878. The SMILES string of the molecule is CCCCCN(CCCCC)C(=O)C(CCC(C(=O)O)N1CCCC1)NC(=O)Nc1cccc(OC)c1. The lowest BCUT2D eigenvalue weighted by Gasteiger charge is -2.30. The second kappa shape index (κ2) is 16.8. The molecular weight excluding hydrogens is 472 g/mol. The monoisotopic (exact) mass is 518 g/mol. The van der Waals surface area contributed by atoms with Crippen LogP contribution in [0, 0.1) is 0 Å². The van der Waals surface area contributed by atoms with E-state index in [1.807, 2.05) is 9.80 Å². The second-order valence-electron chi connectivity index (χ2n) is 9.80. The zero-order valence-electron chi connectivity index (χ0n) is 22.8. The number of carbonyl (C=O) groups is 3. The van der Waals surface area contributed by atoms with Crippen LogP contribution in [0.4, 0.5) is 10.5 Å². The Hall–Kier alpha value is -2.81. The Morgan fingerprint density at radius 2 is 1.68 bits per heavy atom. The van der Waals surface area contributed by atoms with E-state index in [1.165, 1.54) is 0 Å². The fourth-order valence-corrected chi connectivity index (χ4v) is 4.78. The van der Waals surface area contributed by atoms with Gasteiger partial charge in [-0.2, -0.15) is 0 Å². The van der Waals surface area contributed by atoms with Gasteiger partial charge in [0.25, 0.3) is 0 Å². The van der Waals surface area contributed by atoms with E-state index >= 15 is 0 Å². The molecule has 0 aromatic heterocycles. The van der Waals surface area contributed by atoms with Crippen molar-refractivity contribution < 1.29 is 24.2 Å². The smallest absolute Gasteiger partial charge is 0.320 e. The van der Waals surface area contributed by atoms with Crippen molar-refractivity contribution in [1.29, 1.82) is 0 Å². The van der Waals surface area contributed by atoms with Gasteiger partial charge < -0.3 is 25.4 Å². The summed E-state index contributed by atoms with van der Waals surface area (Å²) < 4.78 is 5.22. The lowest BCUT2D eigenvalue weighted by Crippen LogP contribution is -2.51. The Balaban J connectivity index is 2.17. The number of urea groups is 1. The van der Waals surface area contributed by atoms with Crippen LogP contribution in [0.25, 0.3) is 0 Å². The van der Waals surface area contributed by atoms with Crippen molar-refractivity contribution in [2.45, 2.75) is 90.1 Å². The van der Waals surface area contributed by atoms with Gasteiger partial charge in [0.2, 0.25) is 5.91 Å². The summed E-state index contributed by atoms with van der Waals surface area (Å²) in [6.07, 6.45) is 8.50. The number of hydrogen-bond donors (Lipinski definition) is 3. The third kappa shape index (κ3) is 10.6. The molecule has 2 atom stereocenters. The van der Waals surface area contributed by atoms with Crippen molar-refractivity contribution in [2.24, 2.45) is 0 Å². The van der Waals surface area contributed by atoms with Gasteiger partial charge in [0, 0.05) is 24.8 Å². The molecule has 0 saturated carbocycles. The largest absolute Gasteiger partial charge is 0.497 e. The molecule has 1 fully saturated rings. The molecule has 1 aliphatic rings. The van der Waals surface area contributed by atoms with E-state index in [-0.39, 0.29) is 12.3 Å². The lowest BCUT2D eigenvalue weighted by atomic mass is 10.0. The number of likely N-dealkylation sites (tertiary alicyclic amines) is 1. The van der Waals surface area contributed by atoms with E-state index in [4.69, 9.17) is 4.74 Å². The van der Waals surface area contributed by atoms with Crippen LogP contribution in [-0.4, -0.2) is 78.2 Å². The molecule has 37 heavy (non-hydrogen) atoms. The first-order valence-electron chi connectivity index (χ1n) is 13.9. The Morgan fingerprint density at radius 3 is 2.24 bits per heavy atom. The Morgan fingerprint density at radius 1 is 1.03 bits per heavy atom. The summed E-state index contributed by atoms with van der Waals surface area (Å²) in [5, 5.41) is 15.5. The van der Waals surface area contributed by atoms with Gasteiger partial charge in [-0.05, 0) is 63.7 Å².